The van der Waals surface area contributed by atoms with Crippen molar-refractivity contribution in [3.63, 3.8) is 0 Å². The molecule has 124 valence electrons. The van der Waals surface area contributed by atoms with Crippen LogP contribution in [0.3, 0.4) is 0 Å². The third kappa shape index (κ3) is 3.90. The lowest BCUT2D eigenvalue weighted by Crippen LogP contribution is -2.06. The predicted molar refractivity (Wildman–Crippen MR) is 91.2 cm³/mol. The molecular formula is C18H20N4O2. The molecule has 0 bridgehead atoms. The molecule has 0 fully saturated rings. The average Bonchev–Trinajstić information content (AvgIpc) is 3.08. The summed E-state index contributed by atoms with van der Waals surface area (Å²) in [5.41, 5.74) is 2.05. The summed E-state index contributed by atoms with van der Waals surface area (Å²) in [5, 5.41) is 11.4. The molecule has 0 saturated heterocycles. The van der Waals surface area contributed by atoms with Crippen LogP contribution in [0.25, 0.3) is 0 Å². The summed E-state index contributed by atoms with van der Waals surface area (Å²) in [7, 11) is 0. The summed E-state index contributed by atoms with van der Waals surface area (Å²) in [6, 6.07) is 11.4. The Morgan fingerprint density at radius 3 is 2.54 bits per heavy atom. The van der Waals surface area contributed by atoms with Gasteiger partial charge < -0.3 is 14.5 Å². The molecule has 1 aromatic carbocycles. The molecule has 24 heavy (non-hydrogen) atoms. The first-order chi connectivity index (χ1) is 11.6. The molecule has 0 radical (unpaired) electrons. The van der Waals surface area contributed by atoms with Gasteiger partial charge in [-0.25, -0.2) is 4.98 Å². The zero-order valence-corrected chi connectivity index (χ0v) is 14.0. The van der Waals surface area contributed by atoms with Gasteiger partial charge in [0, 0.05) is 24.4 Å². The highest BCUT2D eigenvalue weighted by Crippen LogP contribution is 2.24. The lowest BCUT2D eigenvalue weighted by Gasteiger charge is -2.12. The minimum atomic E-state index is -0.0664. The van der Waals surface area contributed by atoms with E-state index in [0.29, 0.717) is 17.7 Å². The van der Waals surface area contributed by atoms with Crippen molar-refractivity contribution in [2.45, 2.75) is 33.2 Å². The summed E-state index contributed by atoms with van der Waals surface area (Å²) >= 11 is 0. The fourth-order valence-electron chi connectivity index (χ4n) is 2.15. The molecular weight excluding hydrogens is 304 g/mol. The van der Waals surface area contributed by atoms with E-state index < -0.39 is 0 Å². The highest BCUT2D eigenvalue weighted by Gasteiger charge is 2.13. The van der Waals surface area contributed by atoms with Crippen LogP contribution in [0.2, 0.25) is 0 Å². The fourth-order valence-corrected chi connectivity index (χ4v) is 2.15. The van der Waals surface area contributed by atoms with Crippen molar-refractivity contribution < 1.29 is 9.15 Å². The SMILES string of the molecule is CCc1nnc([C@@H](C)Nc2ccc(Oc3ccc(C)cn3)cc2)o1. The molecule has 0 unspecified atom stereocenters. The van der Waals surface area contributed by atoms with E-state index in [4.69, 9.17) is 9.15 Å². The van der Waals surface area contributed by atoms with E-state index >= 15 is 0 Å². The molecule has 0 spiro atoms. The van der Waals surface area contributed by atoms with Gasteiger partial charge in [-0.2, -0.15) is 0 Å². The highest BCUT2D eigenvalue weighted by molar-refractivity contribution is 5.47. The predicted octanol–water partition coefficient (Wildman–Crippen LogP) is 4.30. The molecule has 1 N–H and O–H groups in total. The van der Waals surface area contributed by atoms with Gasteiger partial charge in [-0.15, -0.1) is 10.2 Å². The first kappa shape index (κ1) is 16.0. The summed E-state index contributed by atoms with van der Waals surface area (Å²) in [6.07, 6.45) is 2.51. The Hall–Kier alpha value is -2.89. The summed E-state index contributed by atoms with van der Waals surface area (Å²) in [5.74, 6) is 2.53. The van der Waals surface area contributed by atoms with Crippen LogP contribution in [0.15, 0.2) is 47.0 Å². The number of aryl methyl sites for hydroxylation is 2. The van der Waals surface area contributed by atoms with E-state index in [-0.39, 0.29) is 6.04 Å². The maximum absolute atomic E-state index is 5.72. The Kier molecular flexibility index (Phi) is 4.74. The van der Waals surface area contributed by atoms with E-state index in [9.17, 15) is 0 Å². The van der Waals surface area contributed by atoms with E-state index in [2.05, 4.69) is 20.5 Å². The van der Waals surface area contributed by atoms with Crippen molar-refractivity contribution in [3.8, 4) is 11.6 Å². The minimum Gasteiger partial charge on any atom is -0.439 e. The lowest BCUT2D eigenvalue weighted by atomic mass is 10.2. The molecule has 2 heterocycles. The molecule has 3 rings (SSSR count). The summed E-state index contributed by atoms with van der Waals surface area (Å²) in [4.78, 5) is 4.23. The van der Waals surface area contributed by atoms with E-state index in [0.717, 1.165) is 23.4 Å². The van der Waals surface area contributed by atoms with Gasteiger partial charge >= 0.3 is 0 Å². The molecule has 0 aliphatic rings. The van der Waals surface area contributed by atoms with Gasteiger partial charge in [0.2, 0.25) is 17.7 Å². The van der Waals surface area contributed by atoms with Crippen LogP contribution in [-0.4, -0.2) is 15.2 Å². The van der Waals surface area contributed by atoms with Crippen molar-refractivity contribution in [3.05, 3.63) is 59.9 Å². The standard InChI is InChI=1S/C18H20N4O2/c1-4-16-21-22-18(24-16)13(3)20-14-6-8-15(9-7-14)23-17-10-5-12(2)11-19-17/h5-11,13,20H,4H2,1-3H3/t13-/m1/s1. The lowest BCUT2D eigenvalue weighted by molar-refractivity contribution is 0.439. The highest BCUT2D eigenvalue weighted by atomic mass is 16.5. The van der Waals surface area contributed by atoms with Crippen LogP contribution in [-0.2, 0) is 6.42 Å². The van der Waals surface area contributed by atoms with Gasteiger partial charge in [0.05, 0.1) is 0 Å². The second kappa shape index (κ2) is 7.12. The number of ether oxygens (including phenoxy) is 1. The smallest absolute Gasteiger partial charge is 0.238 e. The zero-order chi connectivity index (χ0) is 16.9. The second-order valence-corrected chi connectivity index (χ2v) is 5.55. The zero-order valence-electron chi connectivity index (χ0n) is 14.0. The Balaban J connectivity index is 1.62. The minimum absolute atomic E-state index is 0.0664. The van der Waals surface area contributed by atoms with E-state index in [1.165, 1.54) is 0 Å². The van der Waals surface area contributed by atoms with Gasteiger partial charge in [0.15, 0.2) is 0 Å². The number of nitrogens with zero attached hydrogens (tertiary/aromatic N) is 3. The maximum Gasteiger partial charge on any atom is 0.238 e. The van der Waals surface area contributed by atoms with Crippen LogP contribution < -0.4 is 10.1 Å². The van der Waals surface area contributed by atoms with E-state index in [1.807, 2.05) is 57.2 Å². The monoisotopic (exact) mass is 324 g/mol. The summed E-state index contributed by atoms with van der Waals surface area (Å²) < 4.78 is 11.3. The van der Waals surface area contributed by atoms with Gasteiger partial charge in [0.1, 0.15) is 11.8 Å². The molecule has 1 atom stereocenters. The number of hydrogen-bond acceptors (Lipinski definition) is 6. The van der Waals surface area contributed by atoms with Crippen LogP contribution >= 0.6 is 0 Å². The average molecular weight is 324 g/mol. The number of anilines is 1. The Morgan fingerprint density at radius 1 is 1.12 bits per heavy atom. The number of benzene rings is 1. The summed E-state index contributed by atoms with van der Waals surface area (Å²) in [6.45, 7) is 5.95. The van der Waals surface area contributed by atoms with Crippen LogP contribution in [0, 0.1) is 6.92 Å². The Labute approximate surface area is 140 Å². The van der Waals surface area contributed by atoms with Crippen molar-refractivity contribution in [1.29, 1.82) is 0 Å². The second-order valence-electron chi connectivity index (χ2n) is 5.55. The molecule has 0 saturated carbocycles. The third-order valence-electron chi connectivity index (χ3n) is 3.50. The van der Waals surface area contributed by atoms with Crippen LogP contribution in [0.4, 0.5) is 5.69 Å². The molecule has 0 aliphatic carbocycles. The molecule has 0 amide bonds. The number of rotatable bonds is 6. The largest absolute Gasteiger partial charge is 0.439 e. The molecule has 0 aliphatic heterocycles. The quantitative estimate of drug-likeness (QED) is 0.728. The van der Waals surface area contributed by atoms with Gasteiger partial charge in [0.25, 0.3) is 0 Å². The topological polar surface area (TPSA) is 73.1 Å². The Bertz CT molecular complexity index is 782. The maximum atomic E-state index is 5.72. The van der Waals surface area contributed by atoms with Crippen molar-refractivity contribution in [2.24, 2.45) is 0 Å². The normalized spacial score (nSPS) is 12.0. The van der Waals surface area contributed by atoms with Crippen LogP contribution in [0.1, 0.15) is 37.2 Å². The van der Waals surface area contributed by atoms with Crippen molar-refractivity contribution in [1.82, 2.24) is 15.2 Å². The van der Waals surface area contributed by atoms with Gasteiger partial charge in [-0.3, -0.25) is 0 Å². The fraction of sp³-hybridized carbons (Fsp3) is 0.278. The van der Waals surface area contributed by atoms with Crippen LogP contribution in [0.5, 0.6) is 11.6 Å². The molecule has 3 aromatic rings. The number of hydrogen-bond donors (Lipinski definition) is 1. The van der Waals surface area contributed by atoms with Crippen molar-refractivity contribution >= 4 is 5.69 Å². The molecule has 6 heteroatoms. The number of aromatic nitrogens is 3. The number of nitrogens with one attached hydrogen (secondary N) is 1. The number of pyridine rings is 1. The van der Waals surface area contributed by atoms with E-state index in [1.54, 1.807) is 6.20 Å². The molecule has 6 nitrogen and oxygen atoms in total. The first-order valence-electron chi connectivity index (χ1n) is 7.93. The first-order valence-corrected chi connectivity index (χ1v) is 7.93. The third-order valence-corrected chi connectivity index (χ3v) is 3.50. The molecule has 2 aromatic heterocycles. The Morgan fingerprint density at radius 2 is 1.92 bits per heavy atom. The van der Waals surface area contributed by atoms with Gasteiger partial charge in [-0.1, -0.05) is 13.0 Å². The van der Waals surface area contributed by atoms with Crippen molar-refractivity contribution in [2.75, 3.05) is 5.32 Å². The van der Waals surface area contributed by atoms with Gasteiger partial charge in [-0.05, 0) is 43.7 Å².